The second-order valence-corrected chi connectivity index (χ2v) is 4.35. The van der Waals surface area contributed by atoms with Crippen molar-refractivity contribution >= 4 is 21.9 Å². The number of rotatable bonds is 4. The summed E-state index contributed by atoms with van der Waals surface area (Å²) in [4.78, 5) is 7.75. The van der Waals surface area contributed by atoms with Crippen LogP contribution in [0.5, 0.6) is 11.6 Å². The van der Waals surface area contributed by atoms with E-state index in [1.807, 2.05) is 6.92 Å². The standard InChI is InChI=1S/C12H11BrFN3O/c1-2-15-12-16-7-10(14)11(17-12)18-9-5-3-8(13)4-6-9/h3-7H,2H2,1H3,(H,15,16,17). The minimum atomic E-state index is -0.598. The fourth-order valence-corrected chi connectivity index (χ4v) is 1.54. The van der Waals surface area contributed by atoms with Crippen LogP contribution in [0.15, 0.2) is 34.9 Å². The summed E-state index contributed by atoms with van der Waals surface area (Å²) in [7, 11) is 0. The van der Waals surface area contributed by atoms with Crippen molar-refractivity contribution < 1.29 is 9.13 Å². The van der Waals surface area contributed by atoms with Gasteiger partial charge in [-0.05, 0) is 31.2 Å². The average Bonchev–Trinajstić information content (AvgIpc) is 2.36. The SMILES string of the molecule is CCNc1ncc(F)c(Oc2ccc(Br)cc2)n1. The highest BCUT2D eigenvalue weighted by atomic mass is 79.9. The second-order valence-electron chi connectivity index (χ2n) is 3.43. The molecule has 94 valence electrons. The number of aromatic nitrogens is 2. The molecule has 0 aliphatic heterocycles. The summed E-state index contributed by atoms with van der Waals surface area (Å²) >= 11 is 3.31. The third-order valence-corrected chi connectivity index (χ3v) is 2.60. The van der Waals surface area contributed by atoms with Gasteiger partial charge in [0.25, 0.3) is 5.88 Å². The van der Waals surface area contributed by atoms with Gasteiger partial charge in [-0.15, -0.1) is 0 Å². The fourth-order valence-electron chi connectivity index (χ4n) is 1.28. The minimum absolute atomic E-state index is 0.0942. The predicted molar refractivity (Wildman–Crippen MR) is 70.4 cm³/mol. The largest absolute Gasteiger partial charge is 0.436 e. The van der Waals surface area contributed by atoms with Gasteiger partial charge in [0.2, 0.25) is 11.8 Å². The summed E-state index contributed by atoms with van der Waals surface area (Å²) in [5, 5.41) is 2.89. The molecule has 0 fully saturated rings. The number of hydrogen-bond acceptors (Lipinski definition) is 4. The first-order valence-corrected chi connectivity index (χ1v) is 6.18. The molecular weight excluding hydrogens is 301 g/mol. The first-order chi connectivity index (χ1) is 8.69. The summed E-state index contributed by atoms with van der Waals surface area (Å²) in [5.74, 6) is 0.159. The van der Waals surface area contributed by atoms with Crippen molar-refractivity contribution in [1.82, 2.24) is 9.97 Å². The molecule has 0 aliphatic rings. The van der Waals surface area contributed by atoms with Gasteiger partial charge in [-0.3, -0.25) is 0 Å². The summed E-state index contributed by atoms with van der Waals surface area (Å²) in [6, 6.07) is 7.05. The number of nitrogens with zero attached hydrogens (tertiary/aromatic N) is 2. The normalized spacial score (nSPS) is 10.2. The molecule has 4 nitrogen and oxygen atoms in total. The van der Waals surface area contributed by atoms with E-state index < -0.39 is 5.82 Å². The zero-order valence-corrected chi connectivity index (χ0v) is 11.2. The molecule has 0 atom stereocenters. The van der Waals surface area contributed by atoms with Gasteiger partial charge in [0.15, 0.2) is 0 Å². The van der Waals surface area contributed by atoms with Crippen LogP contribution in [0.3, 0.4) is 0 Å². The highest BCUT2D eigenvalue weighted by Crippen LogP contribution is 2.24. The molecule has 6 heteroatoms. The van der Waals surface area contributed by atoms with E-state index in [4.69, 9.17) is 4.74 Å². The van der Waals surface area contributed by atoms with Crippen LogP contribution in [0.25, 0.3) is 0 Å². The lowest BCUT2D eigenvalue weighted by Gasteiger charge is -2.07. The van der Waals surface area contributed by atoms with E-state index in [-0.39, 0.29) is 5.88 Å². The Labute approximate surface area is 112 Å². The topological polar surface area (TPSA) is 47.0 Å². The Morgan fingerprint density at radius 1 is 1.33 bits per heavy atom. The van der Waals surface area contributed by atoms with E-state index >= 15 is 0 Å². The molecule has 2 aromatic rings. The zero-order valence-electron chi connectivity index (χ0n) is 9.65. The Hall–Kier alpha value is -1.69. The first kappa shape index (κ1) is 12.8. The highest BCUT2D eigenvalue weighted by molar-refractivity contribution is 9.10. The second kappa shape index (κ2) is 5.77. The number of benzene rings is 1. The van der Waals surface area contributed by atoms with Crippen molar-refractivity contribution in [2.75, 3.05) is 11.9 Å². The van der Waals surface area contributed by atoms with Crippen molar-refractivity contribution in [2.24, 2.45) is 0 Å². The minimum Gasteiger partial charge on any atom is -0.436 e. The summed E-state index contributed by atoms with van der Waals surface area (Å²) in [5.41, 5.74) is 0. The molecular formula is C12H11BrFN3O. The van der Waals surface area contributed by atoms with Crippen molar-refractivity contribution in [2.45, 2.75) is 6.92 Å². The summed E-state index contributed by atoms with van der Waals surface area (Å²) in [6.45, 7) is 2.56. The molecule has 1 heterocycles. The fraction of sp³-hybridized carbons (Fsp3) is 0.167. The number of halogens is 2. The molecule has 18 heavy (non-hydrogen) atoms. The van der Waals surface area contributed by atoms with E-state index in [0.29, 0.717) is 18.2 Å². The average molecular weight is 312 g/mol. The highest BCUT2D eigenvalue weighted by Gasteiger charge is 2.09. The molecule has 0 unspecified atom stereocenters. The lowest BCUT2D eigenvalue weighted by atomic mass is 10.3. The van der Waals surface area contributed by atoms with Gasteiger partial charge in [-0.2, -0.15) is 9.37 Å². The molecule has 1 aromatic heterocycles. The number of hydrogen-bond donors (Lipinski definition) is 1. The third kappa shape index (κ3) is 3.16. The lowest BCUT2D eigenvalue weighted by Crippen LogP contribution is -2.04. The molecule has 0 amide bonds. The van der Waals surface area contributed by atoms with Gasteiger partial charge in [-0.1, -0.05) is 15.9 Å². The Balaban J connectivity index is 2.22. The quantitative estimate of drug-likeness (QED) is 0.937. The first-order valence-electron chi connectivity index (χ1n) is 5.39. The van der Waals surface area contributed by atoms with Crippen LogP contribution < -0.4 is 10.1 Å². The maximum Gasteiger partial charge on any atom is 0.260 e. The van der Waals surface area contributed by atoms with Gasteiger partial charge >= 0.3 is 0 Å². The van der Waals surface area contributed by atoms with E-state index in [0.717, 1.165) is 10.7 Å². The molecule has 2 rings (SSSR count). The molecule has 0 radical (unpaired) electrons. The van der Waals surface area contributed by atoms with E-state index in [2.05, 4.69) is 31.2 Å². The number of nitrogens with one attached hydrogen (secondary N) is 1. The predicted octanol–water partition coefficient (Wildman–Crippen LogP) is 3.60. The molecule has 0 bridgehead atoms. The van der Waals surface area contributed by atoms with Crippen LogP contribution in [-0.2, 0) is 0 Å². The zero-order chi connectivity index (χ0) is 13.0. The third-order valence-electron chi connectivity index (χ3n) is 2.07. The molecule has 1 aromatic carbocycles. The van der Waals surface area contributed by atoms with E-state index in [9.17, 15) is 4.39 Å². The number of ether oxygens (including phenoxy) is 1. The Kier molecular flexibility index (Phi) is 4.09. The lowest BCUT2D eigenvalue weighted by molar-refractivity contribution is 0.420. The van der Waals surface area contributed by atoms with E-state index in [1.54, 1.807) is 24.3 Å². The van der Waals surface area contributed by atoms with Gasteiger partial charge < -0.3 is 10.1 Å². The smallest absolute Gasteiger partial charge is 0.260 e. The summed E-state index contributed by atoms with van der Waals surface area (Å²) in [6.07, 6.45) is 1.08. The van der Waals surface area contributed by atoms with Crippen molar-refractivity contribution in [3.05, 3.63) is 40.8 Å². The molecule has 0 saturated carbocycles. The van der Waals surface area contributed by atoms with Crippen LogP contribution in [0.4, 0.5) is 10.3 Å². The van der Waals surface area contributed by atoms with Crippen LogP contribution in [0.1, 0.15) is 6.92 Å². The Bertz CT molecular complexity index is 533. The van der Waals surface area contributed by atoms with Gasteiger partial charge in [0.1, 0.15) is 5.75 Å². The maximum atomic E-state index is 13.5. The Morgan fingerprint density at radius 3 is 2.72 bits per heavy atom. The molecule has 0 aliphatic carbocycles. The van der Waals surface area contributed by atoms with Gasteiger partial charge in [-0.25, -0.2) is 4.98 Å². The molecule has 0 saturated heterocycles. The van der Waals surface area contributed by atoms with E-state index in [1.165, 1.54) is 0 Å². The van der Waals surface area contributed by atoms with Crippen LogP contribution in [0, 0.1) is 5.82 Å². The van der Waals surface area contributed by atoms with Gasteiger partial charge in [0, 0.05) is 11.0 Å². The Morgan fingerprint density at radius 2 is 2.06 bits per heavy atom. The van der Waals surface area contributed by atoms with Crippen molar-refractivity contribution in [3.63, 3.8) is 0 Å². The number of anilines is 1. The van der Waals surface area contributed by atoms with Crippen LogP contribution in [0.2, 0.25) is 0 Å². The monoisotopic (exact) mass is 311 g/mol. The van der Waals surface area contributed by atoms with Crippen molar-refractivity contribution in [1.29, 1.82) is 0 Å². The van der Waals surface area contributed by atoms with Gasteiger partial charge in [0.05, 0.1) is 6.20 Å². The summed E-state index contributed by atoms with van der Waals surface area (Å²) < 4.78 is 19.8. The maximum absolute atomic E-state index is 13.5. The molecule has 0 spiro atoms. The van der Waals surface area contributed by atoms with Crippen LogP contribution >= 0.6 is 15.9 Å². The van der Waals surface area contributed by atoms with Crippen LogP contribution in [-0.4, -0.2) is 16.5 Å². The van der Waals surface area contributed by atoms with Crippen molar-refractivity contribution in [3.8, 4) is 11.6 Å². The molecule has 1 N–H and O–H groups in total.